The average molecular weight is 226 g/mol. The van der Waals surface area contributed by atoms with Crippen molar-refractivity contribution >= 4 is 0 Å². The molecule has 0 aromatic heterocycles. The van der Waals surface area contributed by atoms with Crippen LogP contribution >= 0.6 is 0 Å². The van der Waals surface area contributed by atoms with Crippen molar-refractivity contribution in [3.63, 3.8) is 0 Å². The summed E-state index contributed by atoms with van der Waals surface area (Å²) >= 11 is 0. The zero-order chi connectivity index (χ0) is 12.3. The first-order valence-electron chi connectivity index (χ1n) is 5.80. The maximum Gasteiger partial charge on any atom is 0.0712 e. The van der Waals surface area contributed by atoms with E-state index in [4.69, 9.17) is 5.84 Å². The summed E-state index contributed by atoms with van der Waals surface area (Å²) in [5, 5.41) is 0. The van der Waals surface area contributed by atoms with Gasteiger partial charge in [-0.3, -0.25) is 5.84 Å². The number of nitrogens with two attached hydrogens (primary N) is 1. The molecule has 0 amide bonds. The molecule has 0 aliphatic rings. The van der Waals surface area contributed by atoms with E-state index in [1.807, 2.05) is 18.2 Å². The minimum atomic E-state index is 0.0519. The third-order valence-corrected chi connectivity index (χ3v) is 3.05. The first kappa shape index (κ1) is 11.8. The van der Waals surface area contributed by atoms with Crippen molar-refractivity contribution < 1.29 is 0 Å². The van der Waals surface area contributed by atoms with Crippen LogP contribution in [0.5, 0.6) is 0 Å². The van der Waals surface area contributed by atoms with E-state index in [1.54, 1.807) is 0 Å². The zero-order valence-corrected chi connectivity index (χ0v) is 10.3. The largest absolute Gasteiger partial charge is 0.271 e. The van der Waals surface area contributed by atoms with E-state index in [0.29, 0.717) is 0 Å². The van der Waals surface area contributed by atoms with Gasteiger partial charge in [0, 0.05) is 0 Å². The number of hydrazine groups is 1. The summed E-state index contributed by atoms with van der Waals surface area (Å²) in [5.74, 6) is 5.71. The highest BCUT2D eigenvalue weighted by Gasteiger charge is 2.14. The molecule has 3 N–H and O–H groups in total. The Morgan fingerprint density at radius 1 is 1.00 bits per heavy atom. The minimum absolute atomic E-state index is 0.0519. The van der Waals surface area contributed by atoms with E-state index < -0.39 is 0 Å². The molecule has 0 saturated carbocycles. The first-order valence-corrected chi connectivity index (χ1v) is 5.80. The van der Waals surface area contributed by atoms with Crippen molar-refractivity contribution in [3.8, 4) is 0 Å². The molecule has 17 heavy (non-hydrogen) atoms. The Labute approximate surface area is 102 Å². The van der Waals surface area contributed by atoms with Crippen molar-refractivity contribution in [2.45, 2.75) is 19.9 Å². The fourth-order valence-electron chi connectivity index (χ4n) is 2.08. The summed E-state index contributed by atoms with van der Waals surface area (Å²) in [6.07, 6.45) is 0. The number of hydrogen-bond acceptors (Lipinski definition) is 2. The van der Waals surface area contributed by atoms with Gasteiger partial charge in [0.1, 0.15) is 0 Å². The zero-order valence-electron chi connectivity index (χ0n) is 10.3. The lowest BCUT2D eigenvalue weighted by molar-refractivity contribution is 0.633. The summed E-state index contributed by atoms with van der Waals surface area (Å²) in [7, 11) is 0. The van der Waals surface area contributed by atoms with Crippen molar-refractivity contribution in [1.29, 1.82) is 0 Å². The van der Waals surface area contributed by atoms with Crippen molar-refractivity contribution in [1.82, 2.24) is 5.43 Å². The van der Waals surface area contributed by atoms with Crippen LogP contribution in [-0.4, -0.2) is 0 Å². The van der Waals surface area contributed by atoms with Crippen LogP contribution < -0.4 is 11.3 Å². The Morgan fingerprint density at radius 3 is 2.35 bits per heavy atom. The molecule has 1 atom stereocenters. The lowest BCUT2D eigenvalue weighted by Gasteiger charge is -2.19. The van der Waals surface area contributed by atoms with Gasteiger partial charge in [-0.2, -0.15) is 0 Å². The highest BCUT2D eigenvalue weighted by molar-refractivity contribution is 5.38. The van der Waals surface area contributed by atoms with E-state index in [2.05, 4.69) is 49.6 Å². The van der Waals surface area contributed by atoms with Gasteiger partial charge in [-0.15, -0.1) is 0 Å². The number of rotatable bonds is 3. The highest BCUT2D eigenvalue weighted by atomic mass is 15.2. The second-order valence-corrected chi connectivity index (χ2v) is 4.37. The molecule has 2 aromatic rings. The quantitative estimate of drug-likeness (QED) is 0.624. The maximum atomic E-state index is 5.71. The summed E-state index contributed by atoms with van der Waals surface area (Å²) in [6.45, 7) is 4.21. The molecule has 0 aliphatic carbocycles. The molecule has 0 unspecified atom stereocenters. The Kier molecular flexibility index (Phi) is 3.57. The molecular formula is C15H18N2. The van der Waals surface area contributed by atoms with Crippen LogP contribution in [0.2, 0.25) is 0 Å². The Morgan fingerprint density at radius 2 is 1.71 bits per heavy atom. The summed E-state index contributed by atoms with van der Waals surface area (Å²) in [4.78, 5) is 0. The van der Waals surface area contributed by atoms with E-state index in [0.717, 1.165) is 0 Å². The topological polar surface area (TPSA) is 38.0 Å². The summed E-state index contributed by atoms with van der Waals surface area (Å²) < 4.78 is 0. The second kappa shape index (κ2) is 5.13. The number of nitrogens with one attached hydrogen (secondary N) is 1. The molecule has 0 spiro atoms. The van der Waals surface area contributed by atoms with Gasteiger partial charge in [0.2, 0.25) is 0 Å². The molecule has 2 nitrogen and oxygen atoms in total. The summed E-state index contributed by atoms with van der Waals surface area (Å²) in [6, 6.07) is 16.8. The molecule has 0 fully saturated rings. The van der Waals surface area contributed by atoms with E-state index >= 15 is 0 Å². The van der Waals surface area contributed by atoms with Crippen LogP contribution in [0.4, 0.5) is 0 Å². The van der Waals surface area contributed by atoms with Gasteiger partial charge < -0.3 is 0 Å². The monoisotopic (exact) mass is 226 g/mol. The van der Waals surface area contributed by atoms with Gasteiger partial charge in [-0.05, 0) is 30.5 Å². The predicted octanol–water partition coefficient (Wildman–Crippen LogP) is 2.86. The van der Waals surface area contributed by atoms with Crippen LogP contribution in [0.3, 0.4) is 0 Å². The highest BCUT2D eigenvalue weighted by Crippen LogP contribution is 2.24. The lowest BCUT2D eigenvalue weighted by Crippen LogP contribution is -2.29. The molecule has 0 bridgehead atoms. The Hall–Kier alpha value is -1.64. The molecule has 0 radical (unpaired) electrons. The summed E-state index contributed by atoms with van der Waals surface area (Å²) in [5.41, 5.74) is 7.83. The second-order valence-electron chi connectivity index (χ2n) is 4.37. The number of benzene rings is 2. The standard InChI is InChI=1S/C15H18N2/c1-11-8-9-12(2)14(10-11)15(17-16)13-6-4-3-5-7-13/h3-10,15,17H,16H2,1-2H3/t15-/m0/s1. The van der Waals surface area contributed by atoms with Gasteiger partial charge in [0.15, 0.2) is 0 Å². The minimum Gasteiger partial charge on any atom is -0.271 e. The van der Waals surface area contributed by atoms with E-state index in [1.165, 1.54) is 22.3 Å². The molecule has 88 valence electrons. The van der Waals surface area contributed by atoms with Gasteiger partial charge in [0.05, 0.1) is 6.04 Å². The van der Waals surface area contributed by atoms with Crippen LogP contribution in [-0.2, 0) is 0 Å². The lowest BCUT2D eigenvalue weighted by atomic mass is 9.94. The Balaban J connectivity index is 2.46. The fraction of sp³-hybridized carbons (Fsp3) is 0.200. The molecule has 0 saturated heterocycles. The maximum absolute atomic E-state index is 5.71. The molecule has 2 rings (SSSR count). The Bertz CT molecular complexity index is 492. The molecule has 2 heteroatoms. The van der Waals surface area contributed by atoms with Gasteiger partial charge in [-0.25, -0.2) is 5.43 Å². The number of aryl methyl sites for hydroxylation is 2. The molecular weight excluding hydrogens is 208 g/mol. The van der Waals surface area contributed by atoms with Crippen molar-refractivity contribution in [2.75, 3.05) is 0 Å². The fourth-order valence-corrected chi connectivity index (χ4v) is 2.08. The molecule has 2 aromatic carbocycles. The predicted molar refractivity (Wildman–Crippen MR) is 71.5 cm³/mol. The van der Waals surface area contributed by atoms with E-state index in [-0.39, 0.29) is 6.04 Å². The third kappa shape index (κ3) is 2.54. The van der Waals surface area contributed by atoms with Crippen molar-refractivity contribution in [3.05, 3.63) is 70.8 Å². The first-order chi connectivity index (χ1) is 8.22. The van der Waals surface area contributed by atoms with Crippen LogP contribution in [0.15, 0.2) is 48.5 Å². The van der Waals surface area contributed by atoms with Crippen LogP contribution in [0.1, 0.15) is 28.3 Å². The third-order valence-electron chi connectivity index (χ3n) is 3.05. The van der Waals surface area contributed by atoms with E-state index in [9.17, 15) is 0 Å². The number of hydrogen-bond donors (Lipinski definition) is 2. The van der Waals surface area contributed by atoms with Gasteiger partial charge in [-0.1, -0.05) is 54.1 Å². The SMILES string of the molecule is Cc1ccc(C)c([C@@H](NN)c2ccccc2)c1. The normalized spacial score (nSPS) is 12.4. The van der Waals surface area contributed by atoms with Gasteiger partial charge in [0.25, 0.3) is 0 Å². The van der Waals surface area contributed by atoms with Crippen molar-refractivity contribution in [2.24, 2.45) is 5.84 Å². The van der Waals surface area contributed by atoms with Crippen LogP contribution in [0.25, 0.3) is 0 Å². The molecule has 0 heterocycles. The van der Waals surface area contributed by atoms with Crippen LogP contribution in [0, 0.1) is 13.8 Å². The average Bonchev–Trinajstić information content (AvgIpc) is 2.36. The smallest absolute Gasteiger partial charge is 0.0712 e. The van der Waals surface area contributed by atoms with Gasteiger partial charge >= 0.3 is 0 Å². The molecule has 0 aliphatic heterocycles.